The fraction of sp³-hybridized carbons (Fsp3) is 0.250. The third kappa shape index (κ3) is 3.94. The predicted molar refractivity (Wildman–Crippen MR) is 61.6 cm³/mol. The molecular weight excluding hydrogens is 393 g/mol. The Labute approximate surface area is 112 Å². The van der Waals surface area contributed by atoms with E-state index < -0.39 is 22.2 Å². The monoisotopic (exact) mass is 396 g/mol. The van der Waals surface area contributed by atoms with Crippen LogP contribution in [-0.4, -0.2) is 13.9 Å². The van der Waals surface area contributed by atoms with Gasteiger partial charge in [-0.25, -0.2) is 0 Å². The Morgan fingerprint density at radius 1 is 1.18 bits per heavy atom. The minimum Gasteiger partial charge on any atom is -0.258 e. The van der Waals surface area contributed by atoms with Gasteiger partial charge in [-0.3, -0.25) is 4.18 Å². The Balaban J connectivity index is 2.78. The first-order chi connectivity index (χ1) is 7.63. The number of halogens is 5. The Bertz CT molecular complexity index is 513. The first-order valence-corrected chi connectivity index (χ1v) is 7.02. The highest BCUT2D eigenvalue weighted by Gasteiger charge is 2.47. The van der Waals surface area contributed by atoms with E-state index in [4.69, 9.17) is 0 Å². The normalized spacial score (nSPS) is 12.8. The molecule has 0 atom stereocenters. The largest absolute Gasteiger partial charge is 0.523 e. The molecular formula is C8H5Br2F3O3S. The molecule has 1 aromatic carbocycles. The number of rotatable bonds is 3. The van der Waals surface area contributed by atoms with Crippen LogP contribution in [0.1, 0.15) is 5.56 Å². The van der Waals surface area contributed by atoms with Crippen LogP contribution in [-0.2, 0) is 20.9 Å². The molecule has 0 amide bonds. The summed E-state index contributed by atoms with van der Waals surface area (Å²) in [5, 5.41) is 0. The average molecular weight is 398 g/mol. The van der Waals surface area contributed by atoms with Crippen molar-refractivity contribution in [1.29, 1.82) is 0 Å². The molecule has 0 N–H and O–H groups in total. The topological polar surface area (TPSA) is 43.4 Å². The van der Waals surface area contributed by atoms with Crippen molar-refractivity contribution in [1.82, 2.24) is 0 Å². The lowest BCUT2D eigenvalue weighted by Crippen LogP contribution is -2.25. The molecule has 0 unspecified atom stereocenters. The first kappa shape index (κ1) is 14.9. The lowest BCUT2D eigenvalue weighted by Gasteiger charge is -2.08. The van der Waals surface area contributed by atoms with Crippen LogP contribution in [0, 0.1) is 0 Å². The van der Waals surface area contributed by atoms with E-state index in [0.717, 1.165) is 0 Å². The second kappa shape index (κ2) is 5.25. The molecule has 9 heteroatoms. The van der Waals surface area contributed by atoms with Gasteiger partial charge in [-0.05, 0) is 49.6 Å². The van der Waals surface area contributed by atoms with Crippen LogP contribution < -0.4 is 0 Å². The molecule has 0 saturated carbocycles. The summed E-state index contributed by atoms with van der Waals surface area (Å²) in [6, 6.07) is 4.46. The highest BCUT2D eigenvalue weighted by atomic mass is 79.9. The zero-order valence-electron chi connectivity index (χ0n) is 7.96. The fourth-order valence-corrected chi connectivity index (χ4v) is 1.94. The SMILES string of the molecule is O=S(=O)(OCc1ccc(Br)c(Br)c1)C(F)(F)F. The van der Waals surface area contributed by atoms with Crippen molar-refractivity contribution in [2.24, 2.45) is 0 Å². The van der Waals surface area contributed by atoms with Crippen molar-refractivity contribution in [2.75, 3.05) is 0 Å². The number of alkyl halides is 3. The maximum Gasteiger partial charge on any atom is 0.523 e. The van der Waals surface area contributed by atoms with Gasteiger partial charge < -0.3 is 0 Å². The van der Waals surface area contributed by atoms with E-state index in [1.165, 1.54) is 12.1 Å². The molecule has 0 spiro atoms. The quantitative estimate of drug-likeness (QED) is 0.578. The van der Waals surface area contributed by atoms with Crippen LogP contribution in [0.25, 0.3) is 0 Å². The van der Waals surface area contributed by atoms with Crippen molar-refractivity contribution >= 4 is 42.0 Å². The molecule has 0 aliphatic carbocycles. The second-order valence-electron chi connectivity index (χ2n) is 2.91. The number of hydrogen-bond acceptors (Lipinski definition) is 3. The molecule has 1 aromatic rings. The first-order valence-electron chi connectivity index (χ1n) is 4.03. The Kier molecular flexibility index (Phi) is 4.61. The molecule has 1 rings (SSSR count). The molecule has 0 bridgehead atoms. The zero-order valence-corrected chi connectivity index (χ0v) is 12.0. The summed E-state index contributed by atoms with van der Waals surface area (Å²) in [6.45, 7) is -0.673. The van der Waals surface area contributed by atoms with Crippen LogP contribution >= 0.6 is 31.9 Å². The molecule has 0 saturated heterocycles. The van der Waals surface area contributed by atoms with Gasteiger partial charge in [-0.1, -0.05) is 6.07 Å². The molecule has 3 nitrogen and oxygen atoms in total. The Morgan fingerprint density at radius 2 is 1.76 bits per heavy atom. The summed E-state index contributed by atoms with van der Waals surface area (Å²) < 4.78 is 62.2. The van der Waals surface area contributed by atoms with Crippen molar-refractivity contribution in [2.45, 2.75) is 12.1 Å². The van der Waals surface area contributed by atoms with E-state index in [9.17, 15) is 21.6 Å². The molecule has 0 aliphatic heterocycles. The highest BCUT2D eigenvalue weighted by molar-refractivity contribution is 9.13. The Morgan fingerprint density at radius 3 is 2.24 bits per heavy atom. The van der Waals surface area contributed by atoms with Crippen LogP contribution in [0.2, 0.25) is 0 Å². The van der Waals surface area contributed by atoms with Gasteiger partial charge in [0.2, 0.25) is 0 Å². The van der Waals surface area contributed by atoms with Crippen LogP contribution in [0.3, 0.4) is 0 Å². The van der Waals surface area contributed by atoms with Gasteiger partial charge in [-0.2, -0.15) is 21.6 Å². The highest BCUT2D eigenvalue weighted by Crippen LogP contribution is 2.27. The van der Waals surface area contributed by atoms with Crippen molar-refractivity contribution in [3.05, 3.63) is 32.7 Å². The van der Waals surface area contributed by atoms with E-state index in [-0.39, 0.29) is 0 Å². The maximum absolute atomic E-state index is 11.9. The summed E-state index contributed by atoms with van der Waals surface area (Å²) in [6.07, 6.45) is 0. The molecule has 0 aromatic heterocycles. The van der Waals surface area contributed by atoms with E-state index >= 15 is 0 Å². The third-order valence-electron chi connectivity index (χ3n) is 1.65. The Hall–Kier alpha value is -0.120. The summed E-state index contributed by atoms with van der Waals surface area (Å²) in [5.74, 6) is 0. The smallest absolute Gasteiger partial charge is 0.258 e. The van der Waals surface area contributed by atoms with Gasteiger partial charge in [0, 0.05) is 8.95 Å². The van der Waals surface area contributed by atoms with E-state index in [1.807, 2.05) is 0 Å². The van der Waals surface area contributed by atoms with Gasteiger partial charge in [-0.15, -0.1) is 0 Å². The average Bonchev–Trinajstić information content (AvgIpc) is 2.18. The summed E-state index contributed by atoms with van der Waals surface area (Å²) in [5.41, 5.74) is -5.10. The molecule has 0 heterocycles. The predicted octanol–water partition coefficient (Wildman–Crippen LogP) is 3.58. The van der Waals surface area contributed by atoms with Crippen LogP contribution in [0.4, 0.5) is 13.2 Å². The third-order valence-corrected chi connectivity index (χ3v) is 4.52. The van der Waals surface area contributed by atoms with Crippen LogP contribution in [0.15, 0.2) is 27.1 Å². The molecule has 17 heavy (non-hydrogen) atoms. The van der Waals surface area contributed by atoms with Gasteiger partial charge >= 0.3 is 15.6 Å². The van der Waals surface area contributed by atoms with Crippen molar-refractivity contribution in [3.63, 3.8) is 0 Å². The second-order valence-corrected chi connectivity index (χ2v) is 6.23. The number of benzene rings is 1. The lowest BCUT2D eigenvalue weighted by molar-refractivity contribution is -0.0547. The van der Waals surface area contributed by atoms with Gasteiger partial charge in [0.25, 0.3) is 0 Å². The van der Waals surface area contributed by atoms with Crippen LogP contribution in [0.5, 0.6) is 0 Å². The standard InChI is InChI=1S/C8H5Br2F3O3S/c9-6-2-1-5(3-7(6)10)4-16-17(14,15)8(11,12)13/h1-3H,4H2. The van der Waals surface area contributed by atoms with Crippen molar-refractivity contribution in [3.8, 4) is 0 Å². The molecule has 0 aliphatic rings. The molecule has 96 valence electrons. The fourth-order valence-electron chi connectivity index (χ4n) is 0.842. The molecule has 0 fully saturated rings. The maximum atomic E-state index is 11.9. The van der Waals surface area contributed by atoms with E-state index in [2.05, 4.69) is 36.0 Å². The van der Waals surface area contributed by atoms with E-state index in [0.29, 0.717) is 14.5 Å². The van der Waals surface area contributed by atoms with Gasteiger partial charge in [0.15, 0.2) is 0 Å². The minimum absolute atomic E-state index is 0.299. The summed E-state index contributed by atoms with van der Waals surface area (Å²) in [4.78, 5) is 0. The lowest BCUT2D eigenvalue weighted by atomic mass is 10.2. The summed E-state index contributed by atoms with van der Waals surface area (Å²) in [7, 11) is -5.55. The van der Waals surface area contributed by atoms with E-state index in [1.54, 1.807) is 6.07 Å². The van der Waals surface area contributed by atoms with Gasteiger partial charge in [0.05, 0.1) is 6.61 Å². The zero-order chi connectivity index (χ0) is 13.3. The van der Waals surface area contributed by atoms with Crippen molar-refractivity contribution < 1.29 is 25.8 Å². The molecule has 0 radical (unpaired) electrons. The van der Waals surface area contributed by atoms with Gasteiger partial charge in [0.1, 0.15) is 0 Å². The summed E-state index contributed by atoms with van der Waals surface area (Å²) >= 11 is 6.30. The minimum atomic E-state index is -5.55. The number of hydrogen-bond donors (Lipinski definition) is 0.